The highest BCUT2D eigenvalue weighted by Crippen LogP contribution is 2.38. The molecule has 0 spiro atoms. The zero-order valence-corrected chi connectivity index (χ0v) is 58.0. The third-order valence-electron chi connectivity index (χ3n) is 17.3. The topological polar surface area (TPSA) is 111 Å². The third kappa shape index (κ3) is 69.8. The molecule has 9 nitrogen and oxygen atoms in total. The molecule has 10 heteroatoms. The van der Waals surface area contributed by atoms with E-state index in [0.29, 0.717) is 17.4 Å². The van der Waals surface area contributed by atoms with Gasteiger partial charge in [-0.25, -0.2) is 0 Å². The lowest BCUT2D eigenvalue weighted by atomic mass is 10.0. The van der Waals surface area contributed by atoms with Crippen molar-refractivity contribution in [2.24, 2.45) is 0 Å². The monoisotopic (exact) mass is 1210 g/mol. The van der Waals surface area contributed by atoms with Gasteiger partial charge in [-0.1, -0.05) is 360 Å². The summed E-state index contributed by atoms with van der Waals surface area (Å²) in [5, 5.41) is 0. The van der Waals surface area contributed by atoms with Crippen molar-refractivity contribution < 1.29 is 42.1 Å². The summed E-state index contributed by atoms with van der Waals surface area (Å²) in [4.78, 5) is 38.1. The molecule has 0 amide bonds. The SMILES string of the molecule is CCCCCCCCCC/C=C\CCCCCCCCCCCCCCCCCCCCCCCCCC(=O)OC(COC(=O)CCCCCCCCCCCCCCCCCCCCCCCCCCC)COP(=O)([O-])OCC[N+](C)(C)C. The van der Waals surface area contributed by atoms with E-state index in [0.717, 1.165) is 32.1 Å². The first-order valence-electron chi connectivity index (χ1n) is 37.4. The van der Waals surface area contributed by atoms with Gasteiger partial charge in [-0.3, -0.25) is 14.2 Å². The lowest BCUT2D eigenvalue weighted by Crippen LogP contribution is -2.37. The molecular weight excluding hydrogens is 1060 g/mol. The van der Waals surface area contributed by atoms with Crippen LogP contribution in [0.2, 0.25) is 0 Å². The Hall–Kier alpha value is -1.25. The molecule has 0 radical (unpaired) electrons. The number of nitrogens with zero attached hydrogens (tertiary/aromatic N) is 1. The molecule has 0 aliphatic rings. The Bertz CT molecular complexity index is 1420. The van der Waals surface area contributed by atoms with Crippen molar-refractivity contribution in [2.75, 3.05) is 47.5 Å². The van der Waals surface area contributed by atoms with E-state index in [1.54, 1.807) is 0 Å². The van der Waals surface area contributed by atoms with Gasteiger partial charge in [-0.15, -0.1) is 0 Å². The maximum Gasteiger partial charge on any atom is 0.306 e. The van der Waals surface area contributed by atoms with Gasteiger partial charge < -0.3 is 27.9 Å². The van der Waals surface area contributed by atoms with Crippen LogP contribution in [0.3, 0.4) is 0 Å². The highest BCUT2D eigenvalue weighted by atomic mass is 31.2. The Morgan fingerprint density at radius 3 is 0.881 bits per heavy atom. The first kappa shape index (κ1) is 82.8. The summed E-state index contributed by atoms with van der Waals surface area (Å²) in [6.07, 6.45) is 81.8. The average Bonchev–Trinajstić information content (AvgIpc) is 3.61. The molecule has 0 aliphatic heterocycles. The summed E-state index contributed by atoms with van der Waals surface area (Å²) in [6, 6.07) is 0. The van der Waals surface area contributed by atoms with Crippen LogP contribution < -0.4 is 4.89 Å². The molecule has 0 aromatic heterocycles. The number of rotatable bonds is 71. The van der Waals surface area contributed by atoms with Crippen LogP contribution in [0, 0.1) is 0 Å². The number of ether oxygens (including phenoxy) is 2. The molecule has 0 aliphatic carbocycles. The Kier molecular flexibility index (Phi) is 65.2. The van der Waals surface area contributed by atoms with Crippen LogP contribution in [0.1, 0.15) is 399 Å². The van der Waals surface area contributed by atoms with E-state index in [1.165, 1.54) is 334 Å². The van der Waals surface area contributed by atoms with Crippen LogP contribution in [-0.4, -0.2) is 70.0 Å². The lowest BCUT2D eigenvalue weighted by Gasteiger charge is -2.28. The number of carbonyl (C=O) groups excluding carboxylic acids is 2. The minimum atomic E-state index is -4.64. The summed E-state index contributed by atoms with van der Waals surface area (Å²) in [7, 11) is 1.20. The molecule has 500 valence electrons. The second-order valence-electron chi connectivity index (χ2n) is 27.0. The van der Waals surface area contributed by atoms with Crippen molar-refractivity contribution in [3.05, 3.63) is 12.2 Å². The molecule has 0 rings (SSSR count). The predicted molar refractivity (Wildman–Crippen MR) is 361 cm³/mol. The minimum Gasteiger partial charge on any atom is -0.756 e. The Morgan fingerprint density at radius 1 is 0.357 bits per heavy atom. The van der Waals surface area contributed by atoms with Crippen molar-refractivity contribution in [3.63, 3.8) is 0 Å². The standard InChI is InChI=1S/C74H146NO8P/c1-6-8-10-12-14-16-18-20-22-24-26-28-30-32-33-34-35-36-37-38-39-40-41-43-45-47-49-51-53-55-57-59-61-63-65-67-74(77)83-72(71-82-84(78,79)81-69-68-75(3,4)5)70-80-73(76)66-64-62-60-58-56-54-52-50-48-46-44-42-31-29-27-25-23-21-19-17-15-13-11-9-7-2/h24,26,72H,6-23,25,27-71H2,1-5H3/b26-24-. The summed E-state index contributed by atoms with van der Waals surface area (Å²) in [5.41, 5.74) is 0. The van der Waals surface area contributed by atoms with Crippen LogP contribution in [0.5, 0.6) is 0 Å². The van der Waals surface area contributed by atoms with E-state index >= 15 is 0 Å². The van der Waals surface area contributed by atoms with Gasteiger partial charge in [0.15, 0.2) is 6.10 Å². The van der Waals surface area contributed by atoms with Crippen molar-refractivity contribution in [1.29, 1.82) is 0 Å². The molecule has 0 fully saturated rings. The van der Waals surface area contributed by atoms with Crippen LogP contribution >= 0.6 is 7.82 Å². The van der Waals surface area contributed by atoms with Crippen molar-refractivity contribution in [2.45, 2.75) is 405 Å². The van der Waals surface area contributed by atoms with Gasteiger partial charge in [0.2, 0.25) is 0 Å². The van der Waals surface area contributed by atoms with E-state index in [4.69, 9.17) is 18.5 Å². The molecule has 2 atom stereocenters. The molecule has 0 saturated heterocycles. The number of phosphoric acid groups is 1. The predicted octanol–water partition coefficient (Wildman–Crippen LogP) is 23.7. The highest BCUT2D eigenvalue weighted by Gasteiger charge is 2.22. The van der Waals surface area contributed by atoms with Crippen LogP contribution in [0.15, 0.2) is 12.2 Å². The zero-order chi connectivity index (χ0) is 61.2. The van der Waals surface area contributed by atoms with Gasteiger partial charge in [-0.05, 0) is 38.5 Å². The quantitative estimate of drug-likeness (QED) is 0.0195. The largest absolute Gasteiger partial charge is 0.756 e. The van der Waals surface area contributed by atoms with E-state index in [-0.39, 0.29) is 32.0 Å². The highest BCUT2D eigenvalue weighted by molar-refractivity contribution is 7.45. The van der Waals surface area contributed by atoms with Crippen molar-refractivity contribution in [1.82, 2.24) is 0 Å². The fourth-order valence-electron chi connectivity index (χ4n) is 11.5. The summed E-state index contributed by atoms with van der Waals surface area (Å²) >= 11 is 0. The summed E-state index contributed by atoms with van der Waals surface area (Å²) in [5.74, 6) is -0.804. The molecule has 0 aromatic carbocycles. The number of hydrogen-bond acceptors (Lipinski definition) is 8. The zero-order valence-electron chi connectivity index (χ0n) is 57.1. The van der Waals surface area contributed by atoms with Crippen molar-refractivity contribution >= 4 is 19.8 Å². The van der Waals surface area contributed by atoms with Crippen LogP contribution in [0.25, 0.3) is 0 Å². The van der Waals surface area contributed by atoms with E-state index in [1.807, 2.05) is 21.1 Å². The molecule has 0 bridgehead atoms. The van der Waals surface area contributed by atoms with Gasteiger partial charge in [-0.2, -0.15) is 0 Å². The normalized spacial score (nSPS) is 13.1. The van der Waals surface area contributed by atoms with Gasteiger partial charge in [0.05, 0.1) is 27.7 Å². The van der Waals surface area contributed by atoms with Gasteiger partial charge in [0, 0.05) is 12.8 Å². The minimum absolute atomic E-state index is 0.0256. The molecule has 0 N–H and O–H groups in total. The molecular formula is C74H146NO8P. The molecule has 0 heterocycles. The number of phosphoric ester groups is 1. The first-order chi connectivity index (χ1) is 41.0. The van der Waals surface area contributed by atoms with Crippen LogP contribution in [0.4, 0.5) is 0 Å². The number of allylic oxidation sites excluding steroid dienone is 2. The maximum atomic E-state index is 12.9. The number of carbonyl (C=O) groups is 2. The molecule has 84 heavy (non-hydrogen) atoms. The van der Waals surface area contributed by atoms with Crippen molar-refractivity contribution in [3.8, 4) is 0 Å². The Morgan fingerprint density at radius 2 is 0.607 bits per heavy atom. The Balaban J connectivity index is 3.92. The Labute approximate surface area is 524 Å². The van der Waals surface area contributed by atoms with Gasteiger partial charge in [0.1, 0.15) is 19.8 Å². The summed E-state index contributed by atoms with van der Waals surface area (Å²) < 4.78 is 34.4. The first-order valence-corrected chi connectivity index (χ1v) is 38.9. The third-order valence-corrected chi connectivity index (χ3v) is 18.2. The number of unbranched alkanes of at least 4 members (excludes halogenated alkanes) is 55. The number of hydrogen-bond donors (Lipinski definition) is 0. The molecule has 2 unspecified atom stereocenters. The van der Waals surface area contributed by atoms with E-state index < -0.39 is 26.5 Å². The number of esters is 2. The summed E-state index contributed by atoms with van der Waals surface area (Å²) in [6.45, 7) is 4.33. The second-order valence-corrected chi connectivity index (χ2v) is 28.4. The number of quaternary nitrogens is 1. The average molecular weight is 1210 g/mol. The fraction of sp³-hybridized carbons (Fsp3) is 0.946. The smallest absolute Gasteiger partial charge is 0.306 e. The van der Waals surface area contributed by atoms with E-state index in [2.05, 4.69) is 26.0 Å². The lowest BCUT2D eigenvalue weighted by molar-refractivity contribution is -0.870. The maximum absolute atomic E-state index is 12.9. The van der Waals surface area contributed by atoms with E-state index in [9.17, 15) is 19.0 Å². The van der Waals surface area contributed by atoms with Gasteiger partial charge in [0.25, 0.3) is 7.82 Å². The number of likely N-dealkylation sites (N-methyl/N-ethyl adjacent to an activating group) is 1. The fourth-order valence-corrected chi connectivity index (χ4v) is 12.3. The molecule has 0 saturated carbocycles. The second kappa shape index (κ2) is 66.2. The molecule has 0 aromatic rings. The van der Waals surface area contributed by atoms with Crippen LogP contribution in [-0.2, 0) is 32.7 Å². The van der Waals surface area contributed by atoms with Gasteiger partial charge >= 0.3 is 11.9 Å².